The molecular weight excluding hydrogens is 490 g/mol. The molecule has 2 atom stereocenters. The van der Waals surface area contributed by atoms with Crippen molar-refractivity contribution >= 4 is 28.8 Å². The van der Waals surface area contributed by atoms with Gasteiger partial charge in [-0.3, -0.25) is 9.59 Å². The summed E-state index contributed by atoms with van der Waals surface area (Å²) in [6, 6.07) is 21.3. The number of hydrogen-bond donors (Lipinski definition) is 2. The van der Waals surface area contributed by atoms with E-state index in [0.717, 1.165) is 52.7 Å². The molecule has 5 rings (SSSR count). The third-order valence-electron chi connectivity index (χ3n) is 7.59. The topological polar surface area (TPSA) is 79.9 Å². The molecule has 7 heteroatoms. The Balaban J connectivity index is 1.61. The van der Waals surface area contributed by atoms with Crippen molar-refractivity contribution in [2.24, 2.45) is 0 Å². The van der Waals surface area contributed by atoms with E-state index in [1.165, 1.54) is 6.92 Å². The van der Waals surface area contributed by atoms with Crippen molar-refractivity contribution in [3.8, 4) is 11.5 Å². The maximum absolute atomic E-state index is 13.9. The normalized spacial score (nSPS) is 18.2. The van der Waals surface area contributed by atoms with Gasteiger partial charge in [0.25, 0.3) is 0 Å². The lowest BCUT2D eigenvalue weighted by atomic mass is 9.78. The smallest absolute Gasteiger partial charge is 0.308 e. The summed E-state index contributed by atoms with van der Waals surface area (Å²) in [6.07, 6.45) is 1.07. The largest absolute Gasteiger partial charge is 0.497 e. The van der Waals surface area contributed by atoms with Gasteiger partial charge in [0, 0.05) is 55.0 Å². The molecule has 3 aromatic rings. The first-order chi connectivity index (χ1) is 18.9. The predicted octanol–water partition coefficient (Wildman–Crippen LogP) is 6.45. The van der Waals surface area contributed by atoms with Gasteiger partial charge in [-0.1, -0.05) is 30.3 Å². The van der Waals surface area contributed by atoms with E-state index in [2.05, 4.69) is 29.4 Å². The fourth-order valence-corrected chi connectivity index (χ4v) is 5.63. The Hall–Kier alpha value is -4.26. The number of carbonyl (C=O) groups excluding carboxylic acids is 2. The Morgan fingerprint density at radius 3 is 2.36 bits per heavy atom. The van der Waals surface area contributed by atoms with Crippen LogP contribution in [-0.2, 0) is 9.59 Å². The lowest BCUT2D eigenvalue weighted by Crippen LogP contribution is -2.27. The lowest BCUT2D eigenvalue weighted by Gasteiger charge is -2.31. The summed E-state index contributed by atoms with van der Waals surface area (Å²) >= 11 is 0. The number of ether oxygens (including phenoxy) is 2. The van der Waals surface area contributed by atoms with Gasteiger partial charge in [0.05, 0.1) is 24.5 Å². The van der Waals surface area contributed by atoms with Crippen LogP contribution in [0.2, 0.25) is 0 Å². The average molecular weight is 526 g/mol. The van der Waals surface area contributed by atoms with Gasteiger partial charge in [0.1, 0.15) is 11.5 Å². The molecule has 202 valence electrons. The van der Waals surface area contributed by atoms with Gasteiger partial charge in [0.2, 0.25) is 0 Å². The zero-order valence-electron chi connectivity index (χ0n) is 22.9. The molecule has 1 aliphatic carbocycles. The first-order valence-corrected chi connectivity index (χ1v) is 13.5. The fraction of sp³-hybridized carbons (Fsp3) is 0.312. The SMILES string of the molecule is CCN(CC)c1ccc(C2Nc3ccccc3NC3=C2C(=O)CC(c2ccc(OC)cc2)C3)c(OC(C)=O)c1. The molecule has 39 heavy (non-hydrogen) atoms. The summed E-state index contributed by atoms with van der Waals surface area (Å²) < 4.78 is 11.1. The summed E-state index contributed by atoms with van der Waals surface area (Å²) in [7, 11) is 1.65. The quantitative estimate of drug-likeness (QED) is 0.271. The van der Waals surface area contributed by atoms with Crippen LogP contribution in [0.1, 0.15) is 56.7 Å². The first-order valence-electron chi connectivity index (χ1n) is 13.5. The van der Waals surface area contributed by atoms with Crippen LogP contribution < -0.4 is 25.0 Å². The number of rotatable bonds is 7. The van der Waals surface area contributed by atoms with Gasteiger partial charge in [-0.15, -0.1) is 0 Å². The Kier molecular flexibility index (Phi) is 7.59. The third kappa shape index (κ3) is 5.35. The molecule has 0 radical (unpaired) electrons. The molecule has 0 saturated carbocycles. The molecule has 7 nitrogen and oxygen atoms in total. The monoisotopic (exact) mass is 525 g/mol. The third-order valence-corrected chi connectivity index (χ3v) is 7.59. The van der Waals surface area contributed by atoms with Crippen LogP contribution in [0.4, 0.5) is 17.1 Å². The maximum Gasteiger partial charge on any atom is 0.308 e. The van der Waals surface area contributed by atoms with Crippen LogP contribution in [0.5, 0.6) is 11.5 Å². The summed E-state index contributed by atoms with van der Waals surface area (Å²) in [4.78, 5) is 28.3. The molecular formula is C32H35N3O4. The number of methoxy groups -OCH3 is 1. The summed E-state index contributed by atoms with van der Waals surface area (Å²) in [5.41, 5.74) is 6.18. The fourth-order valence-electron chi connectivity index (χ4n) is 5.63. The number of nitrogens with one attached hydrogen (secondary N) is 2. The molecule has 3 aromatic carbocycles. The number of nitrogens with zero attached hydrogens (tertiary/aromatic N) is 1. The van der Waals surface area contributed by atoms with Crippen LogP contribution in [0, 0.1) is 0 Å². The zero-order chi connectivity index (χ0) is 27.5. The number of ketones is 1. The molecule has 0 aromatic heterocycles. The number of fused-ring (bicyclic) bond motifs is 1. The summed E-state index contributed by atoms with van der Waals surface area (Å²) in [6.45, 7) is 7.25. The van der Waals surface area contributed by atoms with Crippen molar-refractivity contribution in [3.05, 3.63) is 89.1 Å². The van der Waals surface area contributed by atoms with Gasteiger partial charge in [-0.2, -0.15) is 0 Å². The Morgan fingerprint density at radius 2 is 1.69 bits per heavy atom. The second-order valence-electron chi connectivity index (χ2n) is 9.93. The number of carbonyl (C=O) groups is 2. The van der Waals surface area contributed by atoms with Gasteiger partial charge in [-0.05, 0) is 62.1 Å². The minimum absolute atomic E-state index is 0.0403. The van der Waals surface area contributed by atoms with Crippen LogP contribution in [0.25, 0.3) is 0 Å². The maximum atomic E-state index is 13.9. The second-order valence-corrected chi connectivity index (χ2v) is 9.93. The highest BCUT2D eigenvalue weighted by Gasteiger charge is 2.37. The van der Waals surface area contributed by atoms with E-state index in [9.17, 15) is 9.59 Å². The van der Waals surface area contributed by atoms with Crippen molar-refractivity contribution in [2.75, 3.05) is 35.7 Å². The second kappa shape index (κ2) is 11.2. The Bertz CT molecular complexity index is 1410. The molecule has 2 N–H and O–H groups in total. The van der Waals surface area contributed by atoms with E-state index in [1.807, 2.05) is 66.7 Å². The van der Waals surface area contributed by atoms with Gasteiger partial charge in [-0.25, -0.2) is 0 Å². The van der Waals surface area contributed by atoms with E-state index in [0.29, 0.717) is 24.2 Å². The minimum atomic E-state index is -0.486. The molecule has 1 aliphatic heterocycles. The number of allylic oxidation sites excluding steroid dienone is 1. The minimum Gasteiger partial charge on any atom is -0.497 e. The summed E-state index contributed by atoms with van der Waals surface area (Å²) in [5.74, 6) is 0.956. The van der Waals surface area contributed by atoms with Crippen LogP contribution in [0.3, 0.4) is 0 Å². The van der Waals surface area contributed by atoms with Crippen molar-refractivity contribution in [1.29, 1.82) is 0 Å². The molecule has 0 amide bonds. The van der Waals surface area contributed by atoms with Crippen molar-refractivity contribution in [3.63, 3.8) is 0 Å². The first kappa shape index (κ1) is 26.4. The van der Waals surface area contributed by atoms with E-state index in [4.69, 9.17) is 9.47 Å². The number of anilines is 3. The number of para-hydroxylation sites is 2. The van der Waals surface area contributed by atoms with Crippen LogP contribution >= 0.6 is 0 Å². The molecule has 0 saturated heterocycles. The lowest BCUT2D eigenvalue weighted by molar-refractivity contribution is -0.131. The van der Waals surface area contributed by atoms with Gasteiger partial charge < -0.3 is 25.0 Å². The van der Waals surface area contributed by atoms with Crippen LogP contribution in [-0.4, -0.2) is 32.0 Å². The van der Waals surface area contributed by atoms with Crippen molar-refractivity contribution in [1.82, 2.24) is 0 Å². The van der Waals surface area contributed by atoms with Crippen molar-refractivity contribution < 1.29 is 19.1 Å². The zero-order valence-corrected chi connectivity index (χ0v) is 22.9. The molecule has 2 unspecified atom stereocenters. The van der Waals surface area contributed by atoms with Crippen molar-refractivity contribution in [2.45, 2.75) is 45.6 Å². The molecule has 0 fully saturated rings. The van der Waals surface area contributed by atoms with E-state index < -0.39 is 12.0 Å². The number of benzene rings is 3. The number of hydrogen-bond acceptors (Lipinski definition) is 7. The average Bonchev–Trinajstić information content (AvgIpc) is 3.10. The predicted molar refractivity (Wildman–Crippen MR) is 155 cm³/mol. The number of esters is 1. The van der Waals surface area contributed by atoms with E-state index in [-0.39, 0.29) is 11.7 Å². The summed E-state index contributed by atoms with van der Waals surface area (Å²) in [5, 5.41) is 7.18. The highest BCUT2D eigenvalue weighted by atomic mass is 16.5. The van der Waals surface area contributed by atoms with Crippen LogP contribution in [0.15, 0.2) is 78.0 Å². The van der Waals surface area contributed by atoms with E-state index in [1.54, 1.807) is 7.11 Å². The molecule has 1 heterocycles. The highest BCUT2D eigenvalue weighted by molar-refractivity contribution is 6.01. The Morgan fingerprint density at radius 1 is 0.974 bits per heavy atom. The van der Waals surface area contributed by atoms with E-state index >= 15 is 0 Å². The standard InChI is InChI=1S/C32H35N3O4/c1-5-35(6-2)23-13-16-25(30(19-23)39-20(3)36)32-31-28(33-26-9-7-8-10-27(26)34-32)17-22(18-29(31)37)21-11-14-24(38-4)15-12-21/h7-16,19,22,32-34H,5-6,17-18H2,1-4H3. The Labute approximate surface area is 229 Å². The van der Waals surface area contributed by atoms with Gasteiger partial charge >= 0.3 is 5.97 Å². The number of Topliss-reactive ketones (excluding diaryl/α,β-unsaturated/α-hetero) is 1. The highest BCUT2D eigenvalue weighted by Crippen LogP contribution is 2.46. The van der Waals surface area contributed by atoms with Gasteiger partial charge in [0.15, 0.2) is 5.78 Å². The molecule has 0 spiro atoms. The molecule has 2 aliphatic rings. The molecule has 0 bridgehead atoms.